The van der Waals surface area contributed by atoms with Crippen molar-refractivity contribution in [1.29, 1.82) is 0 Å². The van der Waals surface area contributed by atoms with E-state index in [4.69, 9.17) is 4.74 Å². The molecule has 27 heavy (non-hydrogen) atoms. The lowest BCUT2D eigenvalue weighted by Crippen LogP contribution is -2.25. The van der Waals surface area contributed by atoms with Crippen LogP contribution in [0.5, 0.6) is 5.75 Å². The molecule has 0 spiro atoms. The topological polar surface area (TPSA) is 53.9 Å². The Bertz CT molecular complexity index is 794. The molecule has 0 radical (unpaired) electrons. The Kier molecular flexibility index (Phi) is 7.41. The second-order valence-electron chi connectivity index (χ2n) is 6.50. The maximum atomic E-state index is 12.0. The third-order valence-electron chi connectivity index (χ3n) is 4.65. The summed E-state index contributed by atoms with van der Waals surface area (Å²) in [5.41, 5.74) is 7.83. The largest absolute Gasteiger partial charge is 0.483 e. The lowest BCUT2D eigenvalue weighted by atomic mass is 10.1. The van der Waals surface area contributed by atoms with E-state index in [1.807, 2.05) is 45.0 Å². The van der Waals surface area contributed by atoms with Crippen molar-refractivity contribution in [2.75, 3.05) is 24.6 Å². The SMILES string of the molecule is CCN(CC)c1ccc(/C=N/NC(=O)COc2c(C)ccc(C)c2C)cc1. The summed E-state index contributed by atoms with van der Waals surface area (Å²) < 4.78 is 5.69. The standard InChI is InChI=1S/C22H29N3O2/c1-6-25(7-2)20-12-10-19(11-13-20)14-23-24-21(26)15-27-22-17(4)9-8-16(3)18(22)5/h8-14H,6-7,15H2,1-5H3,(H,24,26)/b23-14+. The summed E-state index contributed by atoms with van der Waals surface area (Å²) in [5.74, 6) is 0.479. The molecule has 1 amide bonds. The van der Waals surface area contributed by atoms with Gasteiger partial charge in [-0.25, -0.2) is 5.43 Å². The Hall–Kier alpha value is -2.82. The van der Waals surface area contributed by atoms with Crippen LogP contribution in [0, 0.1) is 20.8 Å². The lowest BCUT2D eigenvalue weighted by molar-refractivity contribution is -0.123. The van der Waals surface area contributed by atoms with Crippen LogP contribution in [0.4, 0.5) is 5.69 Å². The molecule has 2 rings (SSSR count). The molecule has 0 saturated carbocycles. The van der Waals surface area contributed by atoms with Crippen molar-refractivity contribution >= 4 is 17.8 Å². The highest BCUT2D eigenvalue weighted by Crippen LogP contribution is 2.25. The van der Waals surface area contributed by atoms with E-state index >= 15 is 0 Å². The number of hydrazone groups is 1. The number of anilines is 1. The molecule has 0 bridgehead atoms. The molecule has 5 heteroatoms. The van der Waals surface area contributed by atoms with E-state index in [2.05, 4.69) is 41.4 Å². The van der Waals surface area contributed by atoms with Crippen LogP contribution in [0.2, 0.25) is 0 Å². The van der Waals surface area contributed by atoms with E-state index in [9.17, 15) is 4.79 Å². The van der Waals surface area contributed by atoms with Crippen LogP contribution in [0.15, 0.2) is 41.5 Å². The lowest BCUT2D eigenvalue weighted by Gasteiger charge is -2.20. The van der Waals surface area contributed by atoms with Crippen LogP contribution in [0.25, 0.3) is 0 Å². The van der Waals surface area contributed by atoms with Crippen LogP contribution in [0.1, 0.15) is 36.1 Å². The maximum Gasteiger partial charge on any atom is 0.277 e. The summed E-state index contributed by atoms with van der Waals surface area (Å²) in [5, 5.41) is 4.01. The highest BCUT2D eigenvalue weighted by Gasteiger charge is 2.08. The highest BCUT2D eigenvalue weighted by atomic mass is 16.5. The first kappa shape index (κ1) is 20.5. The first-order valence-electron chi connectivity index (χ1n) is 9.32. The summed E-state index contributed by atoms with van der Waals surface area (Å²) in [6, 6.07) is 12.1. The van der Waals surface area contributed by atoms with E-state index in [-0.39, 0.29) is 12.5 Å². The van der Waals surface area contributed by atoms with Crippen LogP contribution in [0.3, 0.4) is 0 Å². The molecular weight excluding hydrogens is 338 g/mol. The number of hydrogen-bond donors (Lipinski definition) is 1. The average Bonchev–Trinajstić information content (AvgIpc) is 2.67. The average molecular weight is 367 g/mol. The summed E-state index contributed by atoms with van der Waals surface area (Å²) in [6.45, 7) is 12.1. The van der Waals surface area contributed by atoms with Crippen molar-refractivity contribution < 1.29 is 9.53 Å². The molecule has 0 aliphatic heterocycles. The first-order valence-corrected chi connectivity index (χ1v) is 9.32. The number of aryl methyl sites for hydroxylation is 2. The molecule has 0 unspecified atom stereocenters. The van der Waals surface area contributed by atoms with E-state index in [0.29, 0.717) is 0 Å². The molecule has 2 aromatic rings. The van der Waals surface area contributed by atoms with E-state index < -0.39 is 0 Å². The van der Waals surface area contributed by atoms with Crippen LogP contribution < -0.4 is 15.1 Å². The minimum absolute atomic E-state index is 0.0661. The number of carbonyl (C=O) groups excluding carboxylic acids is 1. The van der Waals surface area contributed by atoms with Gasteiger partial charge in [0.1, 0.15) is 5.75 Å². The summed E-state index contributed by atoms with van der Waals surface area (Å²) in [7, 11) is 0. The number of hydrogen-bond acceptors (Lipinski definition) is 4. The number of ether oxygens (including phenoxy) is 1. The van der Waals surface area contributed by atoms with Crippen molar-refractivity contribution in [3.63, 3.8) is 0 Å². The zero-order valence-corrected chi connectivity index (χ0v) is 16.9. The van der Waals surface area contributed by atoms with Gasteiger partial charge in [0, 0.05) is 18.8 Å². The zero-order chi connectivity index (χ0) is 19.8. The number of nitrogens with zero attached hydrogens (tertiary/aromatic N) is 2. The molecule has 2 aromatic carbocycles. The van der Waals surface area contributed by atoms with Gasteiger partial charge in [-0.15, -0.1) is 0 Å². The molecule has 0 aromatic heterocycles. The van der Waals surface area contributed by atoms with Crippen LogP contribution in [-0.2, 0) is 4.79 Å². The second-order valence-corrected chi connectivity index (χ2v) is 6.50. The minimum Gasteiger partial charge on any atom is -0.483 e. The normalized spacial score (nSPS) is 10.9. The number of benzene rings is 2. The second kappa shape index (κ2) is 9.76. The van der Waals surface area contributed by atoms with Gasteiger partial charge in [0.2, 0.25) is 0 Å². The first-order chi connectivity index (χ1) is 13.0. The number of nitrogens with one attached hydrogen (secondary N) is 1. The summed E-state index contributed by atoms with van der Waals surface area (Å²) >= 11 is 0. The fourth-order valence-corrected chi connectivity index (χ4v) is 2.86. The van der Waals surface area contributed by atoms with Crippen molar-refractivity contribution in [2.24, 2.45) is 5.10 Å². The fraction of sp³-hybridized carbons (Fsp3) is 0.364. The molecule has 0 fully saturated rings. The van der Waals surface area contributed by atoms with Gasteiger partial charge in [-0.2, -0.15) is 5.10 Å². The molecule has 0 atom stereocenters. The van der Waals surface area contributed by atoms with Gasteiger partial charge in [-0.3, -0.25) is 4.79 Å². The number of rotatable bonds is 8. The molecule has 0 heterocycles. The minimum atomic E-state index is -0.286. The predicted molar refractivity (Wildman–Crippen MR) is 112 cm³/mol. The third kappa shape index (κ3) is 5.58. The third-order valence-corrected chi connectivity index (χ3v) is 4.65. The molecule has 0 aliphatic rings. The molecule has 1 N–H and O–H groups in total. The predicted octanol–water partition coefficient (Wildman–Crippen LogP) is 3.99. The van der Waals surface area contributed by atoms with Gasteiger partial charge < -0.3 is 9.64 Å². The molecule has 0 saturated heterocycles. The van der Waals surface area contributed by atoms with E-state index in [0.717, 1.165) is 41.1 Å². The van der Waals surface area contributed by atoms with Crippen molar-refractivity contribution in [3.05, 3.63) is 58.7 Å². The number of amides is 1. The quantitative estimate of drug-likeness (QED) is 0.567. The number of carbonyl (C=O) groups is 1. The maximum absolute atomic E-state index is 12.0. The Morgan fingerprint density at radius 2 is 1.67 bits per heavy atom. The van der Waals surface area contributed by atoms with Crippen molar-refractivity contribution in [2.45, 2.75) is 34.6 Å². The molecule has 144 valence electrons. The Balaban J connectivity index is 1.88. The van der Waals surface area contributed by atoms with E-state index in [1.165, 1.54) is 5.69 Å². The zero-order valence-electron chi connectivity index (χ0n) is 16.9. The monoisotopic (exact) mass is 367 g/mol. The van der Waals surface area contributed by atoms with Gasteiger partial charge in [0.05, 0.1) is 6.21 Å². The van der Waals surface area contributed by atoms with Gasteiger partial charge >= 0.3 is 0 Å². The smallest absolute Gasteiger partial charge is 0.277 e. The molecule has 0 aliphatic carbocycles. The van der Waals surface area contributed by atoms with Gasteiger partial charge in [-0.05, 0) is 69.0 Å². The van der Waals surface area contributed by atoms with Crippen molar-refractivity contribution in [1.82, 2.24) is 5.43 Å². The molecular formula is C22H29N3O2. The molecule has 5 nitrogen and oxygen atoms in total. The van der Waals surface area contributed by atoms with Crippen LogP contribution >= 0.6 is 0 Å². The Labute approximate surface area is 162 Å². The van der Waals surface area contributed by atoms with Crippen molar-refractivity contribution in [3.8, 4) is 5.75 Å². The van der Waals surface area contributed by atoms with Crippen LogP contribution in [-0.4, -0.2) is 31.8 Å². The Morgan fingerprint density at radius 3 is 2.30 bits per heavy atom. The summed E-state index contributed by atoms with van der Waals surface area (Å²) in [4.78, 5) is 14.3. The van der Waals surface area contributed by atoms with E-state index in [1.54, 1.807) is 6.21 Å². The van der Waals surface area contributed by atoms with Gasteiger partial charge in [0.25, 0.3) is 5.91 Å². The summed E-state index contributed by atoms with van der Waals surface area (Å²) in [6.07, 6.45) is 1.63. The van der Waals surface area contributed by atoms with Gasteiger partial charge in [0.15, 0.2) is 6.61 Å². The highest BCUT2D eigenvalue weighted by molar-refractivity contribution is 5.83. The Morgan fingerprint density at radius 1 is 1.04 bits per heavy atom. The van der Waals surface area contributed by atoms with Gasteiger partial charge in [-0.1, -0.05) is 24.3 Å². The fourth-order valence-electron chi connectivity index (χ4n) is 2.86.